The molecule has 6 nitrogen and oxygen atoms in total. The molecular weight excluding hydrogens is 409 g/mol. The van der Waals surface area contributed by atoms with Gasteiger partial charge in [0.2, 0.25) is 0 Å². The molecule has 0 radical (unpaired) electrons. The Bertz CT molecular complexity index is 1170. The molecule has 10 heteroatoms. The zero-order valence-electron chi connectivity index (χ0n) is 15.7. The normalized spacial score (nSPS) is 16.9. The summed E-state index contributed by atoms with van der Waals surface area (Å²) < 4.78 is 42.0. The average Bonchev–Trinajstić information content (AvgIpc) is 3.42. The van der Waals surface area contributed by atoms with Crippen LogP contribution in [-0.4, -0.2) is 24.4 Å². The van der Waals surface area contributed by atoms with E-state index in [1.807, 2.05) is 0 Å². The molecule has 0 spiro atoms. The molecule has 0 amide bonds. The molecule has 3 heterocycles. The second kappa shape index (κ2) is 6.56. The maximum atomic E-state index is 13.0. The van der Waals surface area contributed by atoms with Gasteiger partial charge < -0.3 is 9.67 Å². The van der Waals surface area contributed by atoms with Crippen molar-refractivity contribution in [3.63, 3.8) is 0 Å². The second-order valence-corrected chi connectivity index (χ2v) is 7.67. The molecule has 3 aromatic heterocycles. The van der Waals surface area contributed by atoms with Crippen LogP contribution in [0.5, 0.6) is 0 Å². The minimum Gasteiger partial charge on any atom is -0.379 e. The van der Waals surface area contributed by atoms with Crippen LogP contribution < -0.4 is 5.56 Å². The van der Waals surface area contributed by atoms with E-state index in [-0.39, 0.29) is 29.1 Å². The second-order valence-electron chi connectivity index (χ2n) is 7.26. The number of alkyl halides is 3. The minimum absolute atomic E-state index is 0.0919. The number of aryl methyl sites for hydroxylation is 1. The standard InChI is InChI=1S/C19H18ClF3N4O2/c1-3-18(29,10-8-13(20)15(24-9-10)19(21,22)23)16-12-6-7-27(11-4-5-11)17(28)14(12)25-26(16)2/h6-9,11,29H,3-5H2,1-2H3/t18-/m1/s1. The summed E-state index contributed by atoms with van der Waals surface area (Å²) in [7, 11) is 1.58. The van der Waals surface area contributed by atoms with E-state index in [0.29, 0.717) is 11.1 Å². The van der Waals surface area contributed by atoms with Crippen LogP contribution in [0.4, 0.5) is 13.2 Å². The highest BCUT2D eigenvalue weighted by atomic mass is 35.5. The summed E-state index contributed by atoms with van der Waals surface area (Å²) in [5.74, 6) is 0. The molecular formula is C19H18ClF3N4O2. The van der Waals surface area contributed by atoms with E-state index in [2.05, 4.69) is 10.1 Å². The van der Waals surface area contributed by atoms with E-state index < -0.39 is 22.5 Å². The van der Waals surface area contributed by atoms with Crippen molar-refractivity contribution >= 4 is 22.5 Å². The summed E-state index contributed by atoms with van der Waals surface area (Å²) in [6.45, 7) is 1.68. The maximum absolute atomic E-state index is 13.0. The quantitative estimate of drug-likeness (QED) is 0.689. The van der Waals surface area contributed by atoms with Gasteiger partial charge in [-0.3, -0.25) is 9.48 Å². The first-order valence-corrected chi connectivity index (χ1v) is 9.49. The van der Waals surface area contributed by atoms with Gasteiger partial charge in [0, 0.05) is 36.4 Å². The van der Waals surface area contributed by atoms with Crippen molar-refractivity contribution in [2.24, 2.45) is 7.05 Å². The monoisotopic (exact) mass is 426 g/mol. The Hall–Kier alpha value is -2.39. The van der Waals surface area contributed by atoms with Gasteiger partial charge in [0.05, 0.1) is 10.7 Å². The minimum atomic E-state index is -4.70. The van der Waals surface area contributed by atoms with Crippen LogP contribution in [0.2, 0.25) is 5.02 Å². The Kier molecular flexibility index (Phi) is 4.51. The Morgan fingerprint density at radius 3 is 2.59 bits per heavy atom. The first kappa shape index (κ1) is 19.9. The molecule has 1 aliphatic carbocycles. The Labute approximate surface area is 168 Å². The summed E-state index contributed by atoms with van der Waals surface area (Å²) in [6.07, 6.45) is -0.104. The van der Waals surface area contributed by atoms with Gasteiger partial charge in [0.1, 0.15) is 5.60 Å². The molecule has 1 saturated carbocycles. The molecule has 3 aromatic rings. The highest BCUT2D eigenvalue weighted by Gasteiger charge is 2.40. The van der Waals surface area contributed by atoms with Crippen molar-refractivity contribution in [3.05, 3.63) is 56.9 Å². The molecule has 0 aliphatic heterocycles. The van der Waals surface area contributed by atoms with Gasteiger partial charge in [0.15, 0.2) is 11.2 Å². The molecule has 0 saturated heterocycles. The molecule has 1 N–H and O–H groups in total. The number of fused-ring (bicyclic) bond motifs is 1. The highest BCUT2D eigenvalue weighted by Crippen LogP contribution is 2.40. The number of hydrogen-bond donors (Lipinski definition) is 1. The van der Waals surface area contributed by atoms with E-state index in [4.69, 9.17) is 11.6 Å². The van der Waals surface area contributed by atoms with E-state index in [1.165, 1.54) is 4.68 Å². The molecule has 0 aromatic carbocycles. The zero-order chi connectivity index (χ0) is 21.1. The van der Waals surface area contributed by atoms with Crippen molar-refractivity contribution in [1.29, 1.82) is 0 Å². The summed E-state index contributed by atoms with van der Waals surface area (Å²) in [4.78, 5) is 16.2. The lowest BCUT2D eigenvalue weighted by Crippen LogP contribution is -2.30. The number of halogens is 4. The van der Waals surface area contributed by atoms with Crippen LogP contribution >= 0.6 is 11.6 Å². The first-order chi connectivity index (χ1) is 13.6. The van der Waals surface area contributed by atoms with Crippen molar-refractivity contribution in [3.8, 4) is 0 Å². The summed E-state index contributed by atoms with van der Waals surface area (Å²) in [6, 6.07) is 2.93. The van der Waals surface area contributed by atoms with Crippen molar-refractivity contribution in [1.82, 2.24) is 19.3 Å². The van der Waals surface area contributed by atoms with Gasteiger partial charge in [-0.05, 0) is 31.4 Å². The van der Waals surface area contributed by atoms with Gasteiger partial charge in [-0.25, -0.2) is 4.98 Å². The number of rotatable bonds is 4. The van der Waals surface area contributed by atoms with Gasteiger partial charge in [-0.2, -0.15) is 18.3 Å². The fraction of sp³-hybridized carbons (Fsp3) is 0.421. The van der Waals surface area contributed by atoms with Crippen LogP contribution in [0.15, 0.2) is 29.3 Å². The fourth-order valence-electron chi connectivity index (χ4n) is 3.71. The molecule has 1 atom stereocenters. The van der Waals surface area contributed by atoms with E-state index in [9.17, 15) is 23.1 Å². The van der Waals surface area contributed by atoms with Crippen molar-refractivity contribution < 1.29 is 18.3 Å². The third-order valence-electron chi connectivity index (χ3n) is 5.35. The fourth-order valence-corrected chi connectivity index (χ4v) is 3.99. The number of nitrogens with zero attached hydrogens (tertiary/aromatic N) is 4. The SMILES string of the molecule is CC[C@@](O)(c1cnc(C(F)(F)F)c(Cl)c1)c1c2ccn(C3CC3)c(=O)c2nn1C. The predicted molar refractivity (Wildman–Crippen MR) is 101 cm³/mol. The molecule has 1 fully saturated rings. The van der Waals surface area contributed by atoms with Crippen LogP contribution in [-0.2, 0) is 18.8 Å². The average molecular weight is 427 g/mol. The lowest BCUT2D eigenvalue weighted by atomic mass is 9.87. The number of aromatic nitrogens is 4. The van der Waals surface area contributed by atoms with Gasteiger partial charge in [0.25, 0.3) is 5.56 Å². The Balaban J connectivity index is 1.90. The lowest BCUT2D eigenvalue weighted by molar-refractivity contribution is -0.141. The predicted octanol–water partition coefficient (Wildman–Crippen LogP) is 3.78. The Morgan fingerprint density at radius 1 is 1.34 bits per heavy atom. The van der Waals surface area contributed by atoms with Crippen LogP contribution in [0.3, 0.4) is 0 Å². The molecule has 0 bridgehead atoms. The third kappa shape index (κ3) is 3.12. The van der Waals surface area contributed by atoms with Gasteiger partial charge >= 0.3 is 6.18 Å². The van der Waals surface area contributed by atoms with E-state index in [1.54, 1.807) is 30.8 Å². The smallest absolute Gasteiger partial charge is 0.379 e. The molecule has 4 rings (SSSR count). The van der Waals surface area contributed by atoms with Crippen molar-refractivity contribution in [2.45, 2.75) is 44.0 Å². The molecule has 1 aliphatic rings. The summed E-state index contributed by atoms with van der Waals surface area (Å²) >= 11 is 5.81. The number of hydrogen-bond acceptors (Lipinski definition) is 4. The summed E-state index contributed by atoms with van der Waals surface area (Å²) in [5.41, 5.74) is -2.61. The van der Waals surface area contributed by atoms with Crippen LogP contribution in [0.25, 0.3) is 10.9 Å². The van der Waals surface area contributed by atoms with Gasteiger partial charge in [-0.15, -0.1) is 0 Å². The Morgan fingerprint density at radius 2 is 2.03 bits per heavy atom. The highest BCUT2D eigenvalue weighted by molar-refractivity contribution is 6.31. The summed E-state index contributed by atoms with van der Waals surface area (Å²) in [5, 5.41) is 15.6. The van der Waals surface area contributed by atoms with E-state index >= 15 is 0 Å². The zero-order valence-corrected chi connectivity index (χ0v) is 16.4. The van der Waals surface area contributed by atoms with Gasteiger partial charge in [-0.1, -0.05) is 18.5 Å². The number of pyridine rings is 2. The first-order valence-electron chi connectivity index (χ1n) is 9.12. The number of aliphatic hydroxyl groups is 1. The maximum Gasteiger partial charge on any atom is 0.434 e. The third-order valence-corrected chi connectivity index (χ3v) is 5.64. The lowest BCUT2D eigenvalue weighted by Gasteiger charge is -2.28. The molecule has 29 heavy (non-hydrogen) atoms. The molecule has 0 unspecified atom stereocenters. The topological polar surface area (TPSA) is 72.9 Å². The molecule has 154 valence electrons. The van der Waals surface area contributed by atoms with E-state index in [0.717, 1.165) is 25.1 Å². The van der Waals surface area contributed by atoms with Crippen LogP contribution in [0.1, 0.15) is 49.2 Å². The van der Waals surface area contributed by atoms with Crippen molar-refractivity contribution in [2.75, 3.05) is 0 Å². The van der Waals surface area contributed by atoms with Crippen LogP contribution in [0, 0.1) is 0 Å². The largest absolute Gasteiger partial charge is 0.434 e.